The number of carbonyl (C=O) groups excluding carboxylic acids is 1. The highest BCUT2D eigenvalue weighted by molar-refractivity contribution is 5.75. The molecule has 0 aromatic carbocycles. The van der Waals surface area contributed by atoms with Gasteiger partial charge in [-0.05, 0) is 38.4 Å². The zero-order valence-corrected chi connectivity index (χ0v) is 11.5. The molecule has 0 radical (unpaired) electrons. The van der Waals surface area contributed by atoms with Gasteiger partial charge in [0, 0.05) is 6.04 Å². The lowest BCUT2D eigenvalue weighted by Crippen LogP contribution is -2.51. The zero-order chi connectivity index (χ0) is 12.8. The molecule has 1 fully saturated rings. The summed E-state index contributed by atoms with van der Waals surface area (Å²) < 4.78 is 4.85. The summed E-state index contributed by atoms with van der Waals surface area (Å²) in [5.74, 6) is 0.129. The van der Waals surface area contributed by atoms with Gasteiger partial charge >= 0.3 is 5.97 Å². The fraction of sp³-hybridized carbons (Fsp3) is 0.923. The van der Waals surface area contributed by atoms with E-state index in [2.05, 4.69) is 31.0 Å². The number of likely N-dealkylation sites (tertiary alicyclic amines) is 1. The molecule has 1 N–H and O–H groups in total. The first-order chi connectivity index (χ1) is 8.08. The number of nitrogens with zero attached hydrogens (tertiary/aromatic N) is 1. The van der Waals surface area contributed by atoms with Crippen LogP contribution in [-0.2, 0) is 9.53 Å². The largest absolute Gasteiger partial charge is 0.468 e. The molecule has 1 heterocycles. The van der Waals surface area contributed by atoms with Crippen LogP contribution in [0.15, 0.2) is 0 Å². The quantitative estimate of drug-likeness (QED) is 0.737. The molecule has 1 saturated heterocycles. The van der Waals surface area contributed by atoms with E-state index >= 15 is 0 Å². The third kappa shape index (κ3) is 4.28. The average molecular weight is 242 g/mol. The molecule has 0 saturated carbocycles. The number of esters is 1. The van der Waals surface area contributed by atoms with Crippen LogP contribution in [0.25, 0.3) is 0 Å². The summed E-state index contributed by atoms with van der Waals surface area (Å²) in [4.78, 5) is 14.1. The highest BCUT2D eigenvalue weighted by Gasteiger charge is 2.27. The fourth-order valence-corrected chi connectivity index (χ4v) is 2.33. The van der Waals surface area contributed by atoms with E-state index in [1.54, 1.807) is 0 Å². The Kier molecular flexibility index (Phi) is 5.92. The topological polar surface area (TPSA) is 41.6 Å². The lowest BCUT2D eigenvalue weighted by molar-refractivity contribution is -0.144. The summed E-state index contributed by atoms with van der Waals surface area (Å²) >= 11 is 0. The number of hydrogen-bond donors (Lipinski definition) is 1. The molecule has 17 heavy (non-hydrogen) atoms. The first kappa shape index (κ1) is 14.5. The van der Waals surface area contributed by atoms with E-state index in [-0.39, 0.29) is 17.9 Å². The van der Waals surface area contributed by atoms with E-state index < -0.39 is 0 Å². The van der Waals surface area contributed by atoms with Gasteiger partial charge in [0.25, 0.3) is 0 Å². The minimum atomic E-state index is -0.168. The fourth-order valence-electron chi connectivity index (χ4n) is 2.33. The van der Waals surface area contributed by atoms with Crippen molar-refractivity contribution >= 4 is 5.97 Å². The summed E-state index contributed by atoms with van der Waals surface area (Å²) in [6, 6.07) is 0.280. The van der Waals surface area contributed by atoms with Crippen molar-refractivity contribution in [3.05, 3.63) is 0 Å². The molecule has 1 atom stereocenters. The third-order valence-corrected chi connectivity index (χ3v) is 3.57. The Balaban J connectivity index is 2.43. The van der Waals surface area contributed by atoms with Crippen LogP contribution in [0.4, 0.5) is 0 Å². The lowest BCUT2D eigenvalue weighted by atomic mass is 9.99. The summed E-state index contributed by atoms with van der Waals surface area (Å²) in [5.41, 5.74) is 0. The summed E-state index contributed by atoms with van der Waals surface area (Å²) in [5, 5.41) is 3.45. The first-order valence-electron chi connectivity index (χ1n) is 6.64. The maximum Gasteiger partial charge on any atom is 0.323 e. The van der Waals surface area contributed by atoms with Gasteiger partial charge in [-0.2, -0.15) is 0 Å². The predicted molar refractivity (Wildman–Crippen MR) is 68.9 cm³/mol. The van der Waals surface area contributed by atoms with E-state index in [9.17, 15) is 4.79 Å². The minimum absolute atomic E-state index is 0.141. The number of carbonyl (C=O) groups is 1. The van der Waals surface area contributed by atoms with Crippen LogP contribution >= 0.6 is 0 Å². The molecule has 0 amide bonds. The molecule has 0 unspecified atom stereocenters. The van der Waals surface area contributed by atoms with Crippen molar-refractivity contribution in [2.75, 3.05) is 26.7 Å². The molecule has 0 bridgehead atoms. The Morgan fingerprint density at radius 1 is 1.41 bits per heavy atom. The molecule has 0 spiro atoms. The monoisotopic (exact) mass is 242 g/mol. The maximum absolute atomic E-state index is 11.7. The predicted octanol–water partition coefficient (Wildman–Crippen LogP) is 1.26. The Labute approximate surface area is 105 Å². The van der Waals surface area contributed by atoms with Gasteiger partial charge in [0.05, 0.1) is 7.11 Å². The van der Waals surface area contributed by atoms with Crippen LogP contribution in [0.1, 0.15) is 33.6 Å². The summed E-state index contributed by atoms with van der Waals surface area (Å²) in [6.07, 6.45) is 2.24. The van der Waals surface area contributed by atoms with Crippen LogP contribution in [0.5, 0.6) is 0 Å². The number of nitrogens with one attached hydrogen (secondary N) is 1. The van der Waals surface area contributed by atoms with E-state index in [0.717, 1.165) is 32.5 Å². The van der Waals surface area contributed by atoms with Crippen molar-refractivity contribution in [2.45, 2.75) is 45.7 Å². The molecular formula is C13H26N2O2. The Morgan fingerprint density at radius 2 is 2.00 bits per heavy atom. The van der Waals surface area contributed by atoms with Crippen molar-refractivity contribution < 1.29 is 9.53 Å². The van der Waals surface area contributed by atoms with E-state index in [0.29, 0.717) is 6.04 Å². The zero-order valence-electron chi connectivity index (χ0n) is 11.5. The van der Waals surface area contributed by atoms with Crippen LogP contribution < -0.4 is 5.32 Å². The number of rotatable bonds is 5. The molecule has 0 aromatic rings. The second kappa shape index (κ2) is 6.97. The number of piperidine rings is 1. The number of hydrogen-bond acceptors (Lipinski definition) is 4. The molecule has 0 aliphatic carbocycles. The maximum atomic E-state index is 11.7. The van der Waals surface area contributed by atoms with Gasteiger partial charge in [-0.1, -0.05) is 20.8 Å². The third-order valence-electron chi connectivity index (χ3n) is 3.57. The van der Waals surface area contributed by atoms with Gasteiger partial charge in [-0.3, -0.25) is 4.79 Å². The van der Waals surface area contributed by atoms with E-state index in [1.807, 2.05) is 0 Å². The normalized spacial score (nSPS) is 20.5. The van der Waals surface area contributed by atoms with Gasteiger partial charge in [-0.15, -0.1) is 0 Å². The minimum Gasteiger partial charge on any atom is -0.468 e. The second-order valence-electron chi connectivity index (χ2n) is 5.12. The standard InChI is InChI=1S/C13H26N2O2/c1-5-15-8-6-11(7-9-15)14-12(10(2)3)13(16)17-4/h10-12,14H,5-9H2,1-4H3/t12-/m0/s1. The van der Waals surface area contributed by atoms with Crippen molar-refractivity contribution in [3.8, 4) is 0 Å². The molecule has 1 aliphatic heterocycles. The molecule has 1 aliphatic rings. The van der Waals surface area contributed by atoms with Crippen LogP contribution in [0.3, 0.4) is 0 Å². The Morgan fingerprint density at radius 3 is 2.41 bits per heavy atom. The van der Waals surface area contributed by atoms with Crippen molar-refractivity contribution in [1.82, 2.24) is 10.2 Å². The molecular weight excluding hydrogens is 216 g/mol. The van der Waals surface area contributed by atoms with Gasteiger partial charge in [-0.25, -0.2) is 0 Å². The number of ether oxygens (including phenoxy) is 1. The molecule has 4 nitrogen and oxygen atoms in total. The lowest BCUT2D eigenvalue weighted by Gasteiger charge is -2.34. The average Bonchev–Trinajstić information content (AvgIpc) is 2.35. The van der Waals surface area contributed by atoms with E-state index in [4.69, 9.17) is 4.74 Å². The summed E-state index contributed by atoms with van der Waals surface area (Å²) in [7, 11) is 1.46. The Bertz CT molecular complexity index is 236. The van der Waals surface area contributed by atoms with Crippen LogP contribution in [0.2, 0.25) is 0 Å². The number of methoxy groups -OCH3 is 1. The van der Waals surface area contributed by atoms with Gasteiger partial charge in [0.2, 0.25) is 0 Å². The van der Waals surface area contributed by atoms with E-state index in [1.165, 1.54) is 7.11 Å². The Hall–Kier alpha value is -0.610. The van der Waals surface area contributed by atoms with Crippen molar-refractivity contribution in [2.24, 2.45) is 5.92 Å². The second-order valence-corrected chi connectivity index (χ2v) is 5.12. The highest BCUT2D eigenvalue weighted by Crippen LogP contribution is 2.13. The van der Waals surface area contributed by atoms with Gasteiger partial charge in [0.15, 0.2) is 0 Å². The molecule has 1 rings (SSSR count). The SMILES string of the molecule is CCN1CCC(N[C@H](C(=O)OC)C(C)C)CC1. The smallest absolute Gasteiger partial charge is 0.323 e. The summed E-state index contributed by atoms with van der Waals surface area (Å²) in [6.45, 7) is 9.67. The molecule has 100 valence electrons. The van der Waals surface area contributed by atoms with Crippen LogP contribution in [-0.4, -0.2) is 49.7 Å². The highest BCUT2D eigenvalue weighted by atomic mass is 16.5. The van der Waals surface area contributed by atoms with Gasteiger partial charge < -0.3 is 15.0 Å². The van der Waals surface area contributed by atoms with Crippen molar-refractivity contribution in [1.29, 1.82) is 0 Å². The van der Waals surface area contributed by atoms with Crippen molar-refractivity contribution in [3.63, 3.8) is 0 Å². The first-order valence-corrected chi connectivity index (χ1v) is 6.64. The molecule has 4 heteroatoms. The molecule has 0 aromatic heterocycles. The van der Waals surface area contributed by atoms with Crippen LogP contribution in [0, 0.1) is 5.92 Å². The van der Waals surface area contributed by atoms with Gasteiger partial charge in [0.1, 0.15) is 6.04 Å².